The van der Waals surface area contributed by atoms with Crippen LogP contribution in [-0.4, -0.2) is 23.7 Å². The van der Waals surface area contributed by atoms with Crippen LogP contribution in [0.1, 0.15) is 31.5 Å². The first kappa shape index (κ1) is 18.6. The van der Waals surface area contributed by atoms with Crippen LogP contribution in [0.25, 0.3) is 11.1 Å². The fourth-order valence-electron chi connectivity index (χ4n) is 3.29. The van der Waals surface area contributed by atoms with Gasteiger partial charge >= 0.3 is 5.76 Å². The van der Waals surface area contributed by atoms with E-state index in [1.54, 1.807) is 31.2 Å². The molecule has 0 aliphatic carbocycles. The summed E-state index contributed by atoms with van der Waals surface area (Å²) in [6.07, 6.45) is 0. The van der Waals surface area contributed by atoms with E-state index in [0.717, 1.165) is 10.0 Å². The third-order valence-electron chi connectivity index (χ3n) is 4.77. The smallest absolute Gasteiger partial charge is 0.420 e. The van der Waals surface area contributed by atoms with Gasteiger partial charge in [-0.2, -0.15) is 0 Å². The highest BCUT2D eigenvalue weighted by atomic mass is 79.9. The number of fused-ring (bicyclic) bond motifs is 2. The number of carbonyl (C=O) groups excluding carboxylic acids is 1. The lowest BCUT2D eigenvalue weighted by Gasteiger charge is -2.23. The Hall–Kier alpha value is -2.74. The van der Waals surface area contributed by atoms with Crippen molar-refractivity contribution in [2.75, 3.05) is 13.2 Å². The monoisotopic (exact) mass is 446 g/mol. The molecule has 8 heteroatoms. The zero-order valence-electron chi connectivity index (χ0n) is 15.4. The molecular formula is C20H19BrN2O5. The zero-order chi connectivity index (χ0) is 19.8. The molecule has 1 N–H and O–H groups in total. The number of para-hydroxylation sites is 2. The average molecular weight is 447 g/mol. The van der Waals surface area contributed by atoms with Crippen molar-refractivity contribution in [3.8, 4) is 11.5 Å². The predicted octanol–water partition coefficient (Wildman–Crippen LogP) is 3.57. The van der Waals surface area contributed by atoms with Crippen molar-refractivity contribution in [3.63, 3.8) is 0 Å². The maximum absolute atomic E-state index is 12.8. The Morgan fingerprint density at radius 1 is 1.14 bits per heavy atom. The summed E-state index contributed by atoms with van der Waals surface area (Å²) in [5.41, 5.74) is 1.90. The van der Waals surface area contributed by atoms with Crippen LogP contribution in [0.4, 0.5) is 0 Å². The number of oxazole rings is 1. The molecule has 3 aromatic rings. The molecule has 2 atom stereocenters. The van der Waals surface area contributed by atoms with E-state index >= 15 is 0 Å². The van der Waals surface area contributed by atoms with Gasteiger partial charge in [-0.15, -0.1) is 0 Å². The van der Waals surface area contributed by atoms with Gasteiger partial charge in [0.25, 0.3) is 0 Å². The summed E-state index contributed by atoms with van der Waals surface area (Å²) in [5.74, 6) is 0.473. The summed E-state index contributed by atoms with van der Waals surface area (Å²) >= 11 is 3.53. The largest absolute Gasteiger partial charge is 0.486 e. The summed E-state index contributed by atoms with van der Waals surface area (Å²) < 4.78 is 18.6. The van der Waals surface area contributed by atoms with Gasteiger partial charge in [0.05, 0.1) is 11.6 Å². The minimum Gasteiger partial charge on any atom is -0.486 e. The molecule has 146 valence electrons. The van der Waals surface area contributed by atoms with Crippen LogP contribution in [0.15, 0.2) is 50.1 Å². The quantitative estimate of drug-likeness (QED) is 0.662. The van der Waals surface area contributed by atoms with Gasteiger partial charge in [0.1, 0.15) is 19.3 Å². The second kappa shape index (κ2) is 7.35. The second-order valence-electron chi connectivity index (χ2n) is 6.63. The Morgan fingerprint density at radius 3 is 2.57 bits per heavy atom. The average Bonchev–Trinajstić information content (AvgIpc) is 3.02. The fraction of sp³-hybridized carbons (Fsp3) is 0.300. The first-order valence-electron chi connectivity index (χ1n) is 8.95. The minimum atomic E-state index is -0.727. The van der Waals surface area contributed by atoms with Gasteiger partial charge in [0, 0.05) is 4.47 Å². The third-order valence-corrected chi connectivity index (χ3v) is 5.46. The van der Waals surface area contributed by atoms with Gasteiger partial charge in [0.15, 0.2) is 17.1 Å². The molecule has 2 heterocycles. The van der Waals surface area contributed by atoms with Gasteiger partial charge in [-0.1, -0.05) is 28.1 Å². The number of halogens is 1. The van der Waals surface area contributed by atoms with Crippen LogP contribution in [0.3, 0.4) is 0 Å². The summed E-state index contributed by atoms with van der Waals surface area (Å²) in [6.45, 7) is 4.54. The van der Waals surface area contributed by atoms with Crippen molar-refractivity contribution in [2.45, 2.75) is 25.9 Å². The Labute approximate surface area is 169 Å². The van der Waals surface area contributed by atoms with E-state index in [-0.39, 0.29) is 11.9 Å². The third kappa shape index (κ3) is 3.28. The van der Waals surface area contributed by atoms with Crippen LogP contribution in [0, 0.1) is 0 Å². The van der Waals surface area contributed by atoms with E-state index in [2.05, 4.69) is 21.2 Å². The molecule has 28 heavy (non-hydrogen) atoms. The maximum Gasteiger partial charge on any atom is 0.420 e. The number of carbonyl (C=O) groups is 1. The van der Waals surface area contributed by atoms with Crippen LogP contribution in [-0.2, 0) is 4.79 Å². The number of aromatic nitrogens is 1. The van der Waals surface area contributed by atoms with Gasteiger partial charge < -0.3 is 19.2 Å². The fourth-order valence-corrected chi connectivity index (χ4v) is 3.96. The molecular weight excluding hydrogens is 428 g/mol. The Balaban J connectivity index is 1.58. The van der Waals surface area contributed by atoms with E-state index in [4.69, 9.17) is 13.9 Å². The summed E-state index contributed by atoms with van der Waals surface area (Å²) in [4.78, 5) is 25.1. The van der Waals surface area contributed by atoms with E-state index in [1.807, 2.05) is 19.1 Å². The van der Waals surface area contributed by atoms with Crippen molar-refractivity contribution < 1.29 is 18.7 Å². The van der Waals surface area contributed by atoms with Gasteiger partial charge in [0.2, 0.25) is 5.91 Å². The Kier molecular flexibility index (Phi) is 4.89. The van der Waals surface area contributed by atoms with Gasteiger partial charge in [-0.3, -0.25) is 9.36 Å². The van der Waals surface area contributed by atoms with Crippen LogP contribution in [0.2, 0.25) is 0 Å². The minimum absolute atomic E-state index is 0.289. The lowest BCUT2D eigenvalue weighted by Crippen LogP contribution is -2.36. The molecule has 4 rings (SSSR count). The highest BCUT2D eigenvalue weighted by Crippen LogP contribution is 2.37. The summed E-state index contributed by atoms with van der Waals surface area (Å²) in [7, 11) is 0. The Bertz CT molecular complexity index is 1100. The van der Waals surface area contributed by atoms with Crippen LogP contribution >= 0.6 is 15.9 Å². The van der Waals surface area contributed by atoms with Gasteiger partial charge in [-0.05, 0) is 43.7 Å². The Morgan fingerprint density at radius 2 is 1.82 bits per heavy atom. The lowest BCUT2D eigenvalue weighted by molar-refractivity contribution is -0.124. The van der Waals surface area contributed by atoms with E-state index in [0.29, 0.717) is 35.8 Å². The molecule has 1 aliphatic rings. The van der Waals surface area contributed by atoms with E-state index in [9.17, 15) is 9.59 Å². The molecule has 0 saturated heterocycles. The zero-order valence-corrected chi connectivity index (χ0v) is 17.0. The standard InChI is InChI=1S/C20H19BrN2O5/c1-11(13-9-17-18(10-14(13)21)27-8-7-26-17)22-19(24)12(2)23-15-5-3-4-6-16(15)28-20(23)25/h3-6,9-12H,7-8H2,1-2H3,(H,22,24). The number of benzene rings is 2. The van der Waals surface area contributed by atoms with Crippen molar-refractivity contribution in [1.82, 2.24) is 9.88 Å². The molecule has 7 nitrogen and oxygen atoms in total. The van der Waals surface area contributed by atoms with Crippen LogP contribution in [0.5, 0.6) is 11.5 Å². The second-order valence-corrected chi connectivity index (χ2v) is 7.48. The molecule has 0 bridgehead atoms. The van der Waals surface area contributed by atoms with Gasteiger partial charge in [-0.25, -0.2) is 4.79 Å². The summed E-state index contributed by atoms with van der Waals surface area (Å²) in [6, 6.07) is 9.69. The number of amides is 1. The molecule has 2 aromatic carbocycles. The number of nitrogens with zero attached hydrogens (tertiary/aromatic N) is 1. The number of ether oxygens (including phenoxy) is 2. The first-order valence-corrected chi connectivity index (χ1v) is 9.74. The maximum atomic E-state index is 12.8. The van der Waals surface area contributed by atoms with E-state index < -0.39 is 11.8 Å². The van der Waals surface area contributed by atoms with Crippen LogP contribution < -0.4 is 20.5 Å². The molecule has 1 aliphatic heterocycles. The molecule has 1 aromatic heterocycles. The number of hydrogen-bond acceptors (Lipinski definition) is 5. The normalized spacial score (nSPS) is 15.2. The first-order chi connectivity index (χ1) is 13.5. The van der Waals surface area contributed by atoms with Crippen molar-refractivity contribution in [3.05, 3.63) is 57.0 Å². The van der Waals surface area contributed by atoms with Crippen molar-refractivity contribution in [2.24, 2.45) is 0 Å². The number of nitrogens with one attached hydrogen (secondary N) is 1. The van der Waals surface area contributed by atoms with Crippen molar-refractivity contribution in [1.29, 1.82) is 0 Å². The predicted molar refractivity (Wildman–Crippen MR) is 107 cm³/mol. The highest BCUT2D eigenvalue weighted by Gasteiger charge is 2.24. The number of hydrogen-bond donors (Lipinski definition) is 1. The molecule has 0 saturated carbocycles. The molecule has 0 spiro atoms. The molecule has 2 unspecified atom stereocenters. The van der Waals surface area contributed by atoms with Crippen molar-refractivity contribution >= 4 is 32.9 Å². The highest BCUT2D eigenvalue weighted by molar-refractivity contribution is 9.10. The SMILES string of the molecule is CC(NC(=O)C(C)n1c(=O)oc2ccccc21)c1cc2c(cc1Br)OCCO2. The molecule has 0 fully saturated rings. The van der Waals surface area contributed by atoms with E-state index in [1.165, 1.54) is 4.57 Å². The lowest BCUT2D eigenvalue weighted by atomic mass is 10.1. The molecule has 1 amide bonds. The molecule has 0 radical (unpaired) electrons. The topological polar surface area (TPSA) is 82.7 Å². The summed E-state index contributed by atoms with van der Waals surface area (Å²) in [5, 5.41) is 2.96. The number of rotatable bonds is 4.